The molecular formula is C11H20N2. The van der Waals surface area contributed by atoms with Gasteiger partial charge in [-0.3, -0.25) is 4.90 Å². The number of likely N-dealkylation sites (tertiary alicyclic amines) is 1. The van der Waals surface area contributed by atoms with Gasteiger partial charge in [0.15, 0.2) is 0 Å². The van der Waals surface area contributed by atoms with Crippen molar-refractivity contribution in [3.63, 3.8) is 0 Å². The topological polar surface area (TPSA) is 27.0 Å². The molecule has 0 aliphatic carbocycles. The van der Waals surface area contributed by atoms with Crippen molar-refractivity contribution in [2.24, 2.45) is 5.41 Å². The average Bonchev–Trinajstić information content (AvgIpc) is 2.04. The molecule has 1 unspecified atom stereocenters. The Balaban J connectivity index is 2.37. The van der Waals surface area contributed by atoms with Crippen molar-refractivity contribution in [1.29, 1.82) is 5.26 Å². The molecule has 0 aromatic carbocycles. The highest BCUT2D eigenvalue weighted by molar-refractivity contribution is 4.85. The predicted molar refractivity (Wildman–Crippen MR) is 54.3 cm³/mol. The summed E-state index contributed by atoms with van der Waals surface area (Å²) in [6.07, 6.45) is 3.20. The van der Waals surface area contributed by atoms with Crippen molar-refractivity contribution in [1.82, 2.24) is 4.90 Å². The molecule has 74 valence electrons. The molecule has 0 N–H and O–H groups in total. The Kier molecular flexibility index (Phi) is 3.33. The molecule has 1 saturated heterocycles. The predicted octanol–water partition coefficient (Wildman–Crippen LogP) is 2.41. The molecule has 1 heterocycles. The molecule has 0 bridgehead atoms. The Morgan fingerprint density at radius 1 is 1.38 bits per heavy atom. The minimum absolute atomic E-state index is 0.445. The normalized spacial score (nSPS) is 25.1. The monoisotopic (exact) mass is 180 g/mol. The SMILES string of the molecule is CC(CC#N)N1CCC(C)(C)CC1. The van der Waals surface area contributed by atoms with Crippen LogP contribution in [0.1, 0.15) is 40.0 Å². The minimum Gasteiger partial charge on any atom is -0.300 e. The van der Waals surface area contributed by atoms with Crippen LogP contribution in [0, 0.1) is 16.7 Å². The van der Waals surface area contributed by atoms with Gasteiger partial charge in [-0.1, -0.05) is 13.8 Å². The molecule has 0 radical (unpaired) electrons. The van der Waals surface area contributed by atoms with Crippen LogP contribution in [0.5, 0.6) is 0 Å². The van der Waals surface area contributed by atoms with Gasteiger partial charge in [0.05, 0.1) is 12.5 Å². The largest absolute Gasteiger partial charge is 0.300 e. The van der Waals surface area contributed by atoms with Crippen molar-refractivity contribution in [2.45, 2.75) is 46.1 Å². The zero-order valence-electron chi connectivity index (χ0n) is 9.01. The summed E-state index contributed by atoms with van der Waals surface area (Å²) >= 11 is 0. The third-order valence-electron chi connectivity index (χ3n) is 3.16. The molecule has 0 amide bonds. The van der Waals surface area contributed by atoms with E-state index in [1.165, 1.54) is 12.8 Å². The summed E-state index contributed by atoms with van der Waals surface area (Å²) < 4.78 is 0. The lowest BCUT2D eigenvalue weighted by molar-refractivity contribution is 0.102. The van der Waals surface area contributed by atoms with Crippen molar-refractivity contribution < 1.29 is 0 Å². The van der Waals surface area contributed by atoms with Crippen LogP contribution in [0.4, 0.5) is 0 Å². The number of rotatable bonds is 2. The summed E-state index contributed by atoms with van der Waals surface area (Å²) in [5.41, 5.74) is 0.517. The van der Waals surface area contributed by atoms with E-state index in [1.54, 1.807) is 0 Å². The first kappa shape index (κ1) is 10.5. The third kappa shape index (κ3) is 3.00. The first-order chi connectivity index (χ1) is 6.05. The minimum atomic E-state index is 0.445. The van der Waals surface area contributed by atoms with Gasteiger partial charge in [-0.2, -0.15) is 5.26 Å². The van der Waals surface area contributed by atoms with Crippen LogP contribution >= 0.6 is 0 Å². The number of piperidine rings is 1. The van der Waals surface area contributed by atoms with Gasteiger partial charge in [0.1, 0.15) is 0 Å². The maximum Gasteiger partial charge on any atom is 0.0638 e. The summed E-state index contributed by atoms with van der Waals surface area (Å²) in [7, 11) is 0. The molecule has 2 nitrogen and oxygen atoms in total. The van der Waals surface area contributed by atoms with Gasteiger partial charge in [0, 0.05) is 6.04 Å². The number of hydrogen-bond donors (Lipinski definition) is 0. The fraction of sp³-hybridized carbons (Fsp3) is 0.909. The van der Waals surface area contributed by atoms with E-state index in [2.05, 4.69) is 31.7 Å². The summed E-state index contributed by atoms with van der Waals surface area (Å²) in [5, 5.41) is 8.59. The van der Waals surface area contributed by atoms with Crippen molar-refractivity contribution in [3.05, 3.63) is 0 Å². The Labute approximate surface area is 81.5 Å². The fourth-order valence-electron chi connectivity index (χ4n) is 1.83. The lowest BCUT2D eigenvalue weighted by Crippen LogP contribution is -2.42. The highest BCUT2D eigenvalue weighted by Crippen LogP contribution is 2.30. The van der Waals surface area contributed by atoms with Crippen molar-refractivity contribution in [3.8, 4) is 6.07 Å². The van der Waals surface area contributed by atoms with Crippen LogP contribution in [-0.2, 0) is 0 Å². The first-order valence-corrected chi connectivity index (χ1v) is 5.16. The van der Waals surface area contributed by atoms with Crippen LogP contribution in [0.2, 0.25) is 0 Å². The maximum atomic E-state index is 8.59. The highest BCUT2D eigenvalue weighted by atomic mass is 15.2. The number of nitrogens with zero attached hydrogens (tertiary/aromatic N) is 2. The Morgan fingerprint density at radius 3 is 2.38 bits per heavy atom. The highest BCUT2D eigenvalue weighted by Gasteiger charge is 2.27. The molecule has 1 rings (SSSR count). The van der Waals surface area contributed by atoms with Crippen LogP contribution in [0.3, 0.4) is 0 Å². The maximum absolute atomic E-state index is 8.59. The van der Waals surface area contributed by atoms with E-state index in [1.807, 2.05) is 0 Å². The van der Waals surface area contributed by atoms with Gasteiger partial charge < -0.3 is 0 Å². The van der Waals surface area contributed by atoms with Gasteiger partial charge in [-0.15, -0.1) is 0 Å². The standard InChI is InChI=1S/C11H20N2/c1-10(4-7-12)13-8-5-11(2,3)6-9-13/h10H,4-6,8-9H2,1-3H3. The van der Waals surface area contributed by atoms with E-state index in [9.17, 15) is 0 Å². The second-order valence-corrected chi connectivity index (χ2v) is 4.91. The molecule has 0 saturated carbocycles. The second kappa shape index (κ2) is 4.11. The number of nitriles is 1. The van der Waals surface area contributed by atoms with Gasteiger partial charge >= 0.3 is 0 Å². The molecule has 0 spiro atoms. The molecular weight excluding hydrogens is 160 g/mol. The molecule has 0 aromatic heterocycles. The van der Waals surface area contributed by atoms with Crippen LogP contribution < -0.4 is 0 Å². The molecule has 0 aromatic rings. The van der Waals surface area contributed by atoms with Gasteiger partial charge in [-0.05, 0) is 38.3 Å². The summed E-state index contributed by atoms with van der Waals surface area (Å²) in [6.45, 7) is 9.14. The van der Waals surface area contributed by atoms with E-state index in [0.29, 0.717) is 17.9 Å². The van der Waals surface area contributed by atoms with E-state index >= 15 is 0 Å². The van der Waals surface area contributed by atoms with E-state index in [0.717, 1.165) is 13.1 Å². The van der Waals surface area contributed by atoms with E-state index in [4.69, 9.17) is 5.26 Å². The second-order valence-electron chi connectivity index (χ2n) is 4.91. The van der Waals surface area contributed by atoms with Crippen molar-refractivity contribution in [2.75, 3.05) is 13.1 Å². The summed E-state index contributed by atoms with van der Waals surface area (Å²) in [5.74, 6) is 0. The number of hydrogen-bond acceptors (Lipinski definition) is 2. The first-order valence-electron chi connectivity index (χ1n) is 5.16. The molecule has 1 aliphatic rings. The van der Waals surface area contributed by atoms with Gasteiger partial charge in [0.25, 0.3) is 0 Å². The van der Waals surface area contributed by atoms with Crippen LogP contribution in [-0.4, -0.2) is 24.0 Å². The quantitative estimate of drug-likeness (QED) is 0.652. The molecule has 1 atom stereocenters. The Hall–Kier alpha value is -0.550. The molecule has 2 heteroatoms. The van der Waals surface area contributed by atoms with E-state index < -0.39 is 0 Å². The Morgan fingerprint density at radius 2 is 1.92 bits per heavy atom. The lowest BCUT2D eigenvalue weighted by Gasteiger charge is -2.39. The van der Waals surface area contributed by atoms with Gasteiger partial charge in [0.2, 0.25) is 0 Å². The zero-order chi connectivity index (χ0) is 9.90. The lowest BCUT2D eigenvalue weighted by atomic mass is 9.82. The van der Waals surface area contributed by atoms with Crippen LogP contribution in [0.25, 0.3) is 0 Å². The van der Waals surface area contributed by atoms with Crippen molar-refractivity contribution >= 4 is 0 Å². The fourth-order valence-corrected chi connectivity index (χ4v) is 1.83. The third-order valence-corrected chi connectivity index (χ3v) is 3.16. The molecule has 1 aliphatic heterocycles. The summed E-state index contributed by atoms with van der Waals surface area (Å²) in [4.78, 5) is 2.44. The van der Waals surface area contributed by atoms with Gasteiger partial charge in [-0.25, -0.2) is 0 Å². The summed E-state index contributed by atoms with van der Waals surface area (Å²) in [6, 6.07) is 2.69. The zero-order valence-corrected chi connectivity index (χ0v) is 9.01. The molecule has 1 fully saturated rings. The average molecular weight is 180 g/mol. The van der Waals surface area contributed by atoms with Crippen LogP contribution in [0.15, 0.2) is 0 Å². The van der Waals surface area contributed by atoms with E-state index in [-0.39, 0.29) is 0 Å². The molecule has 13 heavy (non-hydrogen) atoms. The smallest absolute Gasteiger partial charge is 0.0638 e. The Bertz CT molecular complexity index is 193.